The largest absolute Gasteiger partial charge is 0.491 e. The average Bonchev–Trinajstić information content (AvgIpc) is 3.37. The van der Waals surface area contributed by atoms with Gasteiger partial charge in [-0.1, -0.05) is 65.7 Å². The van der Waals surface area contributed by atoms with Crippen LogP contribution in [0.4, 0.5) is 15.8 Å². The van der Waals surface area contributed by atoms with E-state index in [-0.39, 0.29) is 5.92 Å². The quantitative estimate of drug-likeness (QED) is 0.246. The minimum Gasteiger partial charge on any atom is -0.491 e. The van der Waals surface area contributed by atoms with Crippen LogP contribution in [-0.2, 0) is 0 Å². The molecule has 1 aliphatic heterocycles. The Hall–Kier alpha value is -4.23. The zero-order valence-corrected chi connectivity index (χ0v) is 21.5. The average molecular weight is 526 g/mol. The molecule has 0 aliphatic carbocycles. The molecule has 4 aromatic carbocycles. The van der Waals surface area contributed by atoms with E-state index in [9.17, 15) is 4.39 Å². The topological polar surface area (TPSA) is 75.7 Å². The fourth-order valence-electron chi connectivity index (χ4n) is 5.08. The number of aromatic amines is 1. The maximum atomic E-state index is 14.9. The number of anilines is 2. The number of hydrogen-bond donors (Lipinski definition) is 2. The summed E-state index contributed by atoms with van der Waals surface area (Å²) in [5.41, 5.74) is 7.14. The highest BCUT2D eigenvalue weighted by Crippen LogP contribution is 2.46. The van der Waals surface area contributed by atoms with Crippen molar-refractivity contribution in [1.29, 1.82) is 0 Å². The summed E-state index contributed by atoms with van der Waals surface area (Å²) < 4.78 is 21.2. The molecule has 1 unspecified atom stereocenters. The first-order valence-corrected chi connectivity index (χ1v) is 12.9. The van der Waals surface area contributed by atoms with Crippen molar-refractivity contribution >= 4 is 23.0 Å². The van der Waals surface area contributed by atoms with Gasteiger partial charge in [-0.3, -0.25) is 0 Å². The Morgan fingerprint density at radius 2 is 1.84 bits per heavy atom. The summed E-state index contributed by atoms with van der Waals surface area (Å²) in [5.74, 6) is 0.979. The number of halogens is 2. The van der Waals surface area contributed by atoms with Crippen molar-refractivity contribution in [3.8, 4) is 28.3 Å². The van der Waals surface area contributed by atoms with Gasteiger partial charge in [0.15, 0.2) is 5.82 Å². The number of fused-ring (bicyclic) bond motifs is 1. The minimum atomic E-state index is -0.436. The molecular weight excluding hydrogens is 501 g/mol. The molecule has 0 radical (unpaired) electrons. The summed E-state index contributed by atoms with van der Waals surface area (Å²) in [7, 11) is 0. The molecule has 38 heavy (non-hydrogen) atoms. The number of H-pyrrole nitrogens is 1. The van der Waals surface area contributed by atoms with Gasteiger partial charge in [0, 0.05) is 22.1 Å². The highest BCUT2D eigenvalue weighted by atomic mass is 35.5. The van der Waals surface area contributed by atoms with Gasteiger partial charge in [0.25, 0.3) is 0 Å². The lowest BCUT2D eigenvalue weighted by Gasteiger charge is -2.22. The lowest BCUT2D eigenvalue weighted by molar-refractivity contribution is 0.318. The van der Waals surface area contributed by atoms with Crippen molar-refractivity contribution < 1.29 is 9.13 Å². The normalized spacial score (nSPS) is 14.9. The van der Waals surface area contributed by atoms with Crippen LogP contribution < -0.4 is 10.1 Å². The standard InChI is InChI=1S/C30H25ClFN5O/c1-18-9-11-23(30-34-36-37-35-30)24(14-18)20-15-25-22(19-6-3-2-4-7-19)8-5-13-38-29(25)28(16-20)33-27-12-10-21(31)17-26(27)32/h2-4,6-7,9-12,14-17,22,33H,5,8,13H2,1H3,(H,34,35,36,37). The van der Waals surface area contributed by atoms with Crippen LogP contribution in [0.3, 0.4) is 0 Å². The summed E-state index contributed by atoms with van der Waals surface area (Å²) in [4.78, 5) is 0. The van der Waals surface area contributed by atoms with Gasteiger partial charge in [-0.15, -0.1) is 5.10 Å². The number of nitrogens with zero attached hydrogens (tertiary/aromatic N) is 3. The van der Waals surface area contributed by atoms with Gasteiger partial charge in [-0.05, 0) is 77.2 Å². The summed E-state index contributed by atoms with van der Waals surface area (Å²) in [6.45, 7) is 2.63. The van der Waals surface area contributed by atoms with E-state index < -0.39 is 5.82 Å². The second kappa shape index (κ2) is 10.3. The Labute approximate surface area is 224 Å². The third-order valence-electron chi connectivity index (χ3n) is 6.87. The van der Waals surface area contributed by atoms with Gasteiger partial charge in [0.2, 0.25) is 0 Å². The number of ether oxygens (including phenoxy) is 1. The van der Waals surface area contributed by atoms with Crippen LogP contribution in [0.25, 0.3) is 22.5 Å². The molecule has 8 heteroatoms. The van der Waals surface area contributed by atoms with Gasteiger partial charge in [-0.25, -0.2) is 9.49 Å². The third-order valence-corrected chi connectivity index (χ3v) is 7.10. The van der Waals surface area contributed by atoms with E-state index in [1.807, 2.05) is 31.2 Å². The zero-order chi connectivity index (χ0) is 26.1. The summed E-state index contributed by atoms with van der Waals surface area (Å²) >= 11 is 6.02. The molecule has 0 saturated heterocycles. The first kappa shape index (κ1) is 24.1. The van der Waals surface area contributed by atoms with E-state index in [1.54, 1.807) is 12.1 Å². The predicted molar refractivity (Wildman–Crippen MR) is 147 cm³/mol. The zero-order valence-electron chi connectivity index (χ0n) is 20.7. The van der Waals surface area contributed by atoms with Crippen molar-refractivity contribution in [3.63, 3.8) is 0 Å². The molecule has 1 aromatic heterocycles. The van der Waals surface area contributed by atoms with Crippen LogP contribution in [0, 0.1) is 12.7 Å². The molecule has 0 amide bonds. The Kier molecular flexibility index (Phi) is 6.52. The summed E-state index contributed by atoms with van der Waals surface area (Å²) in [5, 5.41) is 18.2. The Balaban J connectivity index is 1.58. The van der Waals surface area contributed by atoms with Gasteiger partial charge in [-0.2, -0.15) is 0 Å². The smallest absolute Gasteiger partial charge is 0.180 e. The molecule has 0 saturated carbocycles. The molecule has 2 heterocycles. The number of aryl methyl sites for hydroxylation is 1. The highest BCUT2D eigenvalue weighted by Gasteiger charge is 2.26. The fraction of sp³-hybridized carbons (Fsp3) is 0.167. The minimum absolute atomic E-state index is 0.115. The van der Waals surface area contributed by atoms with Crippen LogP contribution in [0.1, 0.15) is 35.4 Å². The monoisotopic (exact) mass is 525 g/mol. The van der Waals surface area contributed by atoms with Crippen molar-refractivity contribution in [2.24, 2.45) is 0 Å². The van der Waals surface area contributed by atoms with Crippen LogP contribution in [0.2, 0.25) is 5.02 Å². The van der Waals surface area contributed by atoms with E-state index >= 15 is 0 Å². The van der Waals surface area contributed by atoms with Crippen LogP contribution in [0.5, 0.6) is 5.75 Å². The molecule has 6 nitrogen and oxygen atoms in total. The summed E-state index contributed by atoms with van der Waals surface area (Å²) in [6, 6.07) is 25.4. The van der Waals surface area contributed by atoms with E-state index in [0.29, 0.717) is 28.8 Å². The predicted octanol–water partition coefficient (Wildman–Crippen LogP) is 7.68. The number of hydrogen-bond acceptors (Lipinski definition) is 5. The Morgan fingerprint density at radius 1 is 0.974 bits per heavy atom. The molecule has 190 valence electrons. The number of aromatic nitrogens is 4. The lowest BCUT2D eigenvalue weighted by Crippen LogP contribution is -2.05. The second-order valence-corrected chi connectivity index (χ2v) is 9.88. The van der Waals surface area contributed by atoms with Crippen LogP contribution in [0.15, 0.2) is 78.9 Å². The molecule has 0 spiro atoms. The lowest BCUT2D eigenvalue weighted by atomic mass is 9.85. The maximum absolute atomic E-state index is 14.9. The van der Waals surface area contributed by atoms with Gasteiger partial charge >= 0.3 is 0 Å². The summed E-state index contributed by atoms with van der Waals surface area (Å²) in [6.07, 6.45) is 1.83. The number of tetrazole rings is 1. The highest BCUT2D eigenvalue weighted by molar-refractivity contribution is 6.30. The third kappa shape index (κ3) is 4.73. The second-order valence-electron chi connectivity index (χ2n) is 9.44. The van der Waals surface area contributed by atoms with Gasteiger partial charge in [0.05, 0.1) is 18.0 Å². The van der Waals surface area contributed by atoms with Crippen molar-refractivity contribution in [1.82, 2.24) is 20.6 Å². The molecule has 5 aromatic rings. The number of rotatable bonds is 5. The first-order valence-electron chi connectivity index (χ1n) is 12.5. The van der Waals surface area contributed by atoms with E-state index in [2.05, 4.69) is 62.3 Å². The fourth-order valence-corrected chi connectivity index (χ4v) is 5.24. The van der Waals surface area contributed by atoms with Crippen molar-refractivity contribution in [2.45, 2.75) is 25.7 Å². The van der Waals surface area contributed by atoms with Crippen LogP contribution >= 0.6 is 11.6 Å². The molecular formula is C30H25ClFN5O. The molecule has 0 bridgehead atoms. The van der Waals surface area contributed by atoms with E-state index in [0.717, 1.165) is 46.4 Å². The van der Waals surface area contributed by atoms with Crippen molar-refractivity contribution in [2.75, 3.05) is 11.9 Å². The van der Waals surface area contributed by atoms with E-state index in [4.69, 9.17) is 16.3 Å². The van der Waals surface area contributed by atoms with Gasteiger partial charge < -0.3 is 10.1 Å². The van der Waals surface area contributed by atoms with E-state index in [1.165, 1.54) is 11.6 Å². The Bertz CT molecular complexity index is 1590. The first-order chi connectivity index (χ1) is 18.6. The van der Waals surface area contributed by atoms with Gasteiger partial charge in [0.1, 0.15) is 11.6 Å². The molecule has 2 N–H and O–H groups in total. The number of nitrogens with one attached hydrogen (secondary N) is 2. The van der Waals surface area contributed by atoms with Crippen molar-refractivity contribution in [3.05, 3.63) is 106 Å². The SMILES string of the molecule is Cc1ccc(-c2nnn[nH]2)c(-c2cc(Nc3ccc(Cl)cc3F)c3c(c2)C(c2ccccc2)CCCO3)c1. The molecule has 0 fully saturated rings. The molecule has 6 rings (SSSR count). The maximum Gasteiger partial charge on any atom is 0.180 e. The number of benzene rings is 4. The molecule has 1 atom stereocenters. The van der Waals surface area contributed by atoms with Crippen LogP contribution in [-0.4, -0.2) is 27.2 Å². The Morgan fingerprint density at radius 3 is 2.63 bits per heavy atom. The molecule has 1 aliphatic rings.